The summed E-state index contributed by atoms with van der Waals surface area (Å²) in [7, 11) is 0. The summed E-state index contributed by atoms with van der Waals surface area (Å²) in [4.78, 5) is 4.19. The van der Waals surface area contributed by atoms with Crippen LogP contribution in [0.4, 0.5) is 14.6 Å². The first kappa shape index (κ1) is 11.9. The molecule has 0 aliphatic carbocycles. The van der Waals surface area contributed by atoms with Crippen molar-refractivity contribution in [3.63, 3.8) is 0 Å². The Bertz CT molecular complexity index is 763. The minimum atomic E-state index is -0.525. The van der Waals surface area contributed by atoms with E-state index < -0.39 is 11.6 Å². The number of nitrogens with two attached hydrogens (primary N) is 1. The summed E-state index contributed by atoms with van der Waals surface area (Å²) in [6, 6.07) is 7.03. The van der Waals surface area contributed by atoms with Crippen molar-refractivity contribution in [3.8, 4) is 11.3 Å². The zero-order valence-electron chi connectivity index (χ0n) is 9.57. The van der Waals surface area contributed by atoms with E-state index in [4.69, 9.17) is 17.3 Å². The van der Waals surface area contributed by atoms with Gasteiger partial charge in [-0.2, -0.15) is 0 Å². The number of aromatic nitrogens is 2. The highest BCUT2D eigenvalue weighted by Crippen LogP contribution is 2.34. The van der Waals surface area contributed by atoms with Gasteiger partial charge in [0.1, 0.15) is 28.8 Å². The Labute approximate surface area is 112 Å². The molecule has 0 fully saturated rings. The summed E-state index contributed by atoms with van der Waals surface area (Å²) >= 11 is 5.98. The van der Waals surface area contributed by atoms with Crippen molar-refractivity contribution in [1.29, 1.82) is 0 Å². The number of nitrogens with zero attached hydrogens (tertiary/aromatic N) is 2. The number of fused-ring (bicyclic) bond motifs is 1. The van der Waals surface area contributed by atoms with Gasteiger partial charge in [0.15, 0.2) is 0 Å². The van der Waals surface area contributed by atoms with Crippen LogP contribution in [0.5, 0.6) is 0 Å². The fraction of sp³-hybridized carbons (Fsp3) is 0. The highest BCUT2D eigenvalue weighted by molar-refractivity contribution is 6.33. The second-order valence-electron chi connectivity index (χ2n) is 4.02. The lowest BCUT2D eigenvalue weighted by molar-refractivity contribution is 0.619. The molecule has 19 heavy (non-hydrogen) atoms. The smallest absolute Gasteiger partial charge is 0.140 e. The van der Waals surface area contributed by atoms with Gasteiger partial charge in [-0.05, 0) is 24.3 Å². The third-order valence-corrected chi connectivity index (χ3v) is 3.13. The van der Waals surface area contributed by atoms with Crippen LogP contribution >= 0.6 is 11.6 Å². The molecule has 0 aliphatic heterocycles. The van der Waals surface area contributed by atoms with Gasteiger partial charge in [-0.25, -0.2) is 13.8 Å². The van der Waals surface area contributed by atoms with Crippen LogP contribution in [-0.4, -0.2) is 9.38 Å². The molecule has 0 aliphatic rings. The van der Waals surface area contributed by atoms with Gasteiger partial charge >= 0.3 is 0 Å². The molecule has 0 saturated carbocycles. The van der Waals surface area contributed by atoms with Crippen molar-refractivity contribution < 1.29 is 8.78 Å². The number of nitrogen functional groups attached to an aromatic ring is 1. The van der Waals surface area contributed by atoms with Crippen LogP contribution in [0.15, 0.2) is 36.5 Å². The van der Waals surface area contributed by atoms with Gasteiger partial charge in [0.05, 0.1) is 10.6 Å². The number of benzene rings is 1. The van der Waals surface area contributed by atoms with E-state index in [2.05, 4.69) is 4.98 Å². The lowest BCUT2D eigenvalue weighted by atomic mass is 10.1. The highest BCUT2D eigenvalue weighted by atomic mass is 35.5. The van der Waals surface area contributed by atoms with Gasteiger partial charge in [0.2, 0.25) is 0 Å². The average Bonchev–Trinajstić information content (AvgIpc) is 2.67. The summed E-state index contributed by atoms with van der Waals surface area (Å²) in [5, 5.41) is 0.204. The second-order valence-corrected chi connectivity index (χ2v) is 4.43. The zero-order valence-corrected chi connectivity index (χ0v) is 10.3. The van der Waals surface area contributed by atoms with E-state index in [0.29, 0.717) is 5.65 Å². The summed E-state index contributed by atoms with van der Waals surface area (Å²) < 4.78 is 28.4. The molecule has 2 heterocycles. The monoisotopic (exact) mass is 279 g/mol. The van der Waals surface area contributed by atoms with Gasteiger partial charge < -0.3 is 5.73 Å². The SMILES string of the molecule is Nc1c(-c2c(F)cccc2Cl)nc2ccc(F)cn12. The molecule has 3 aromatic rings. The molecule has 0 unspecified atom stereocenters. The van der Waals surface area contributed by atoms with Gasteiger partial charge in [0, 0.05) is 6.20 Å². The Kier molecular flexibility index (Phi) is 2.64. The minimum Gasteiger partial charge on any atom is -0.383 e. The Morgan fingerprint density at radius 2 is 1.95 bits per heavy atom. The van der Waals surface area contributed by atoms with Crippen molar-refractivity contribution in [2.75, 3.05) is 5.73 Å². The summed E-state index contributed by atoms with van der Waals surface area (Å²) in [6.45, 7) is 0. The van der Waals surface area contributed by atoms with Gasteiger partial charge in [-0.1, -0.05) is 17.7 Å². The summed E-state index contributed by atoms with van der Waals surface area (Å²) in [6.07, 6.45) is 1.19. The van der Waals surface area contributed by atoms with Gasteiger partial charge in [-0.3, -0.25) is 4.40 Å². The van der Waals surface area contributed by atoms with Crippen molar-refractivity contribution in [3.05, 3.63) is 53.2 Å². The number of imidazole rings is 1. The Hall–Kier alpha value is -2.14. The molecule has 0 bridgehead atoms. The van der Waals surface area contributed by atoms with Crippen molar-refractivity contribution in [2.24, 2.45) is 0 Å². The molecular formula is C13H8ClF2N3. The van der Waals surface area contributed by atoms with Crippen LogP contribution in [0.1, 0.15) is 0 Å². The number of hydrogen-bond acceptors (Lipinski definition) is 2. The standard InChI is InChI=1S/C13H8ClF2N3/c14-8-2-1-3-9(16)11(8)12-13(17)19-6-7(15)4-5-10(19)18-12/h1-6H,17H2. The Morgan fingerprint density at radius 3 is 2.68 bits per heavy atom. The second kappa shape index (κ2) is 4.20. The van der Waals surface area contributed by atoms with E-state index >= 15 is 0 Å². The molecule has 2 N–H and O–H groups in total. The third kappa shape index (κ3) is 1.82. The number of anilines is 1. The molecule has 3 nitrogen and oxygen atoms in total. The molecule has 0 saturated heterocycles. The number of pyridine rings is 1. The maximum atomic E-state index is 13.9. The van der Waals surface area contributed by atoms with Crippen LogP contribution < -0.4 is 5.73 Å². The normalized spacial score (nSPS) is 11.1. The predicted octanol–water partition coefficient (Wildman–Crippen LogP) is 3.52. The van der Waals surface area contributed by atoms with Crippen molar-refractivity contribution in [2.45, 2.75) is 0 Å². The maximum Gasteiger partial charge on any atom is 0.140 e. The molecule has 0 amide bonds. The van der Waals surface area contributed by atoms with Crippen molar-refractivity contribution >= 4 is 23.1 Å². The molecular weight excluding hydrogens is 272 g/mol. The van der Waals surface area contributed by atoms with E-state index in [1.54, 1.807) is 6.07 Å². The van der Waals surface area contributed by atoms with Crippen LogP contribution in [0.2, 0.25) is 5.02 Å². The molecule has 0 atom stereocenters. The van der Waals surface area contributed by atoms with Crippen LogP contribution in [0.3, 0.4) is 0 Å². The number of hydrogen-bond donors (Lipinski definition) is 1. The fourth-order valence-electron chi connectivity index (χ4n) is 1.94. The highest BCUT2D eigenvalue weighted by Gasteiger charge is 2.18. The van der Waals surface area contributed by atoms with Crippen LogP contribution in [-0.2, 0) is 0 Å². The number of rotatable bonds is 1. The van der Waals surface area contributed by atoms with Crippen LogP contribution in [0.25, 0.3) is 16.9 Å². The molecule has 2 aromatic heterocycles. The first-order valence-electron chi connectivity index (χ1n) is 5.45. The fourth-order valence-corrected chi connectivity index (χ4v) is 2.20. The van der Waals surface area contributed by atoms with Crippen LogP contribution in [0, 0.1) is 11.6 Å². The molecule has 1 aromatic carbocycles. The van der Waals surface area contributed by atoms with E-state index in [1.807, 2.05) is 0 Å². The molecule has 96 valence electrons. The van der Waals surface area contributed by atoms with E-state index in [0.717, 1.165) is 0 Å². The third-order valence-electron chi connectivity index (χ3n) is 2.82. The Morgan fingerprint density at radius 1 is 1.16 bits per heavy atom. The first-order valence-corrected chi connectivity index (χ1v) is 5.83. The Balaban J connectivity index is 2.35. The lowest BCUT2D eigenvalue weighted by Gasteiger charge is -2.03. The summed E-state index contributed by atoms with van der Waals surface area (Å²) in [5.74, 6) is -0.840. The lowest BCUT2D eigenvalue weighted by Crippen LogP contribution is -1.96. The average molecular weight is 280 g/mol. The topological polar surface area (TPSA) is 43.3 Å². The molecule has 3 rings (SSSR count). The minimum absolute atomic E-state index is 0.116. The van der Waals surface area contributed by atoms with Gasteiger partial charge in [0.25, 0.3) is 0 Å². The maximum absolute atomic E-state index is 13.9. The predicted molar refractivity (Wildman–Crippen MR) is 70.0 cm³/mol. The van der Waals surface area contributed by atoms with Crippen molar-refractivity contribution in [1.82, 2.24) is 9.38 Å². The molecule has 6 heteroatoms. The summed E-state index contributed by atoms with van der Waals surface area (Å²) in [5.41, 5.74) is 6.63. The molecule has 0 spiro atoms. The van der Waals surface area contributed by atoms with E-state index in [9.17, 15) is 8.78 Å². The van der Waals surface area contributed by atoms with E-state index in [-0.39, 0.29) is 22.1 Å². The quantitative estimate of drug-likeness (QED) is 0.741. The first-order chi connectivity index (χ1) is 9.08. The molecule has 0 radical (unpaired) electrons. The van der Waals surface area contributed by atoms with E-state index in [1.165, 1.54) is 34.9 Å². The zero-order chi connectivity index (χ0) is 13.6. The largest absolute Gasteiger partial charge is 0.383 e. The number of halogens is 3. The van der Waals surface area contributed by atoms with Gasteiger partial charge in [-0.15, -0.1) is 0 Å².